The van der Waals surface area contributed by atoms with Gasteiger partial charge < -0.3 is 10.6 Å². The highest BCUT2D eigenvalue weighted by atomic mass is 16.1. The first-order valence-electron chi connectivity index (χ1n) is 4.77. The fraction of sp³-hybridized carbons (Fsp3) is 0.0833. The van der Waals surface area contributed by atoms with Crippen molar-refractivity contribution in [2.24, 2.45) is 5.73 Å². The molecule has 0 aromatic heterocycles. The van der Waals surface area contributed by atoms with Gasteiger partial charge in [-0.15, -0.1) is 0 Å². The molecule has 0 fully saturated rings. The summed E-state index contributed by atoms with van der Waals surface area (Å²) < 4.78 is 0. The zero-order valence-corrected chi connectivity index (χ0v) is 8.26. The third-order valence-electron chi connectivity index (χ3n) is 2.31. The van der Waals surface area contributed by atoms with Crippen LogP contribution in [0.1, 0.15) is 0 Å². The molecule has 1 aromatic rings. The quantitative estimate of drug-likeness (QED) is 0.785. The van der Waals surface area contributed by atoms with Crippen LogP contribution in [0.25, 0.3) is 0 Å². The summed E-state index contributed by atoms with van der Waals surface area (Å²) in [6, 6.07) is 9.98. The number of benzene rings is 1. The molecule has 1 aliphatic rings. The molecule has 0 bridgehead atoms. The van der Waals surface area contributed by atoms with Gasteiger partial charge >= 0.3 is 0 Å². The minimum atomic E-state index is -0.376. The summed E-state index contributed by atoms with van der Waals surface area (Å²) in [6.07, 6.45) is 5.43. The van der Waals surface area contributed by atoms with Crippen LogP contribution in [0.4, 0.5) is 5.69 Å². The Bertz CT molecular complexity index is 421. The molecule has 0 atom stereocenters. The first kappa shape index (κ1) is 9.52. The van der Waals surface area contributed by atoms with Gasteiger partial charge in [-0.2, -0.15) is 0 Å². The Balaban J connectivity index is 2.14. The number of primary amides is 1. The standard InChI is InChI=1S/C12H12N2O/c13-12(15)10-6-8-14(9-7-10)11-4-2-1-3-5-11/h1-8H,9H2,(H2,13,15). The Kier molecular flexibility index (Phi) is 2.54. The van der Waals surface area contributed by atoms with Crippen molar-refractivity contribution in [2.75, 3.05) is 11.4 Å². The summed E-state index contributed by atoms with van der Waals surface area (Å²) in [7, 11) is 0. The van der Waals surface area contributed by atoms with Crippen LogP contribution in [-0.2, 0) is 4.79 Å². The summed E-state index contributed by atoms with van der Waals surface area (Å²) in [4.78, 5) is 12.9. The minimum absolute atomic E-state index is 0.376. The summed E-state index contributed by atoms with van der Waals surface area (Å²) >= 11 is 0. The van der Waals surface area contributed by atoms with E-state index >= 15 is 0 Å². The van der Waals surface area contributed by atoms with Crippen molar-refractivity contribution in [3.63, 3.8) is 0 Å². The van der Waals surface area contributed by atoms with E-state index in [2.05, 4.69) is 0 Å². The third kappa shape index (κ3) is 2.07. The van der Waals surface area contributed by atoms with E-state index < -0.39 is 0 Å². The normalized spacial score (nSPS) is 14.9. The van der Waals surface area contributed by atoms with Gasteiger partial charge in [-0.1, -0.05) is 24.3 Å². The van der Waals surface area contributed by atoms with E-state index in [0.717, 1.165) is 5.69 Å². The number of para-hydroxylation sites is 1. The zero-order chi connectivity index (χ0) is 10.7. The van der Waals surface area contributed by atoms with Gasteiger partial charge in [0.25, 0.3) is 0 Å². The van der Waals surface area contributed by atoms with Crippen LogP contribution in [0.3, 0.4) is 0 Å². The molecule has 0 unspecified atom stereocenters. The molecular weight excluding hydrogens is 188 g/mol. The SMILES string of the molecule is NC(=O)C1=CCN(c2ccccc2)C=C1. The number of nitrogens with two attached hydrogens (primary N) is 1. The Labute approximate surface area is 88.5 Å². The van der Waals surface area contributed by atoms with Crippen LogP contribution < -0.4 is 10.6 Å². The number of amides is 1. The third-order valence-corrected chi connectivity index (χ3v) is 2.31. The zero-order valence-electron chi connectivity index (χ0n) is 8.26. The summed E-state index contributed by atoms with van der Waals surface area (Å²) in [6.45, 7) is 0.679. The van der Waals surface area contributed by atoms with E-state index in [-0.39, 0.29) is 5.91 Å². The lowest BCUT2D eigenvalue weighted by Gasteiger charge is -2.21. The number of hydrogen-bond acceptors (Lipinski definition) is 2. The molecule has 0 saturated heterocycles. The van der Waals surface area contributed by atoms with Gasteiger partial charge in [-0.25, -0.2) is 0 Å². The molecule has 1 heterocycles. The van der Waals surface area contributed by atoms with Gasteiger partial charge in [0.1, 0.15) is 0 Å². The Morgan fingerprint density at radius 1 is 1.27 bits per heavy atom. The second-order valence-electron chi connectivity index (χ2n) is 3.33. The maximum Gasteiger partial charge on any atom is 0.248 e. The van der Waals surface area contributed by atoms with E-state index in [9.17, 15) is 4.79 Å². The number of carbonyl (C=O) groups is 1. The van der Waals surface area contributed by atoms with Gasteiger partial charge in [-0.05, 0) is 18.2 Å². The molecule has 2 rings (SSSR count). The fourth-order valence-electron chi connectivity index (χ4n) is 1.49. The number of anilines is 1. The Hall–Kier alpha value is -2.03. The molecule has 2 N–H and O–H groups in total. The molecule has 76 valence electrons. The van der Waals surface area contributed by atoms with Crippen molar-refractivity contribution < 1.29 is 4.79 Å². The van der Waals surface area contributed by atoms with Crippen LogP contribution in [0.15, 0.2) is 54.3 Å². The second kappa shape index (κ2) is 4.00. The van der Waals surface area contributed by atoms with E-state index in [4.69, 9.17) is 5.73 Å². The number of hydrogen-bond donors (Lipinski definition) is 1. The van der Waals surface area contributed by atoms with Crippen molar-refractivity contribution in [3.8, 4) is 0 Å². The monoisotopic (exact) mass is 200 g/mol. The Morgan fingerprint density at radius 3 is 2.53 bits per heavy atom. The average molecular weight is 200 g/mol. The highest BCUT2D eigenvalue weighted by molar-refractivity contribution is 5.95. The molecule has 1 aliphatic heterocycles. The molecule has 1 aromatic carbocycles. The topological polar surface area (TPSA) is 46.3 Å². The summed E-state index contributed by atoms with van der Waals surface area (Å²) in [5.41, 5.74) is 6.85. The molecule has 15 heavy (non-hydrogen) atoms. The Morgan fingerprint density at radius 2 is 2.00 bits per heavy atom. The van der Waals surface area contributed by atoms with Crippen molar-refractivity contribution in [1.82, 2.24) is 0 Å². The van der Waals surface area contributed by atoms with Crippen LogP contribution in [-0.4, -0.2) is 12.5 Å². The lowest BCUT2D eigenvalue weighted by molar-refractivity contribution is -0.114. The van der Waals surface area contributed by atoms with Crippen molar-refractivity contribution >= 4 is 11.6 Å². The first-order chi connectivity index (χ1) is 7.27. The molecule has 0 aliphatic carbocycles. The minimum Gasteiger partial charge on any atom is -0.366 e. The molecule has 0 spiro atoms. The molecule has 3 heteroatoms. The van der Waals surface area contributed by atoms with E-state index in [1.54, 1.807) is 6.08 Å². The molecular formula is C12H12N2O. The maximum atomic E-state index is 10.9. The molecule has 0 radical (unpaired) electrons. The first-order valence-corrected chi connectivity index (χ1v) is 4.77. The van der Waals surface area contributed by atoms with Gasteiger partial charge in [0.05, 0.1) is 0 Å². The number of rotatable bonds is 2. The van der Waals surface area contributed by atoms with Gasteiger partial charge in [0, 0.05) is 24.0 Å². The maximum absolute atomic E-state index is 10.9. The van der Waals surface area contributed by atoms with Gasteiger partial charge in [0.2, 0.25) is 5.91 Å². The number of carbonyl (C=O) groups excluding carboxylic acids is 1. The highest BCUT2D eigenvalue weighted by Gasteiger charge is 2.08. The van der Waals surface area contributed by atoms with Crippen LogP contribution in [0, 0.1) is 0 Å². The molecule has 1 amide bonds. The lowest BCUT2D eigenvalue weighted by Crippen LogP contribution is -2.22. The number of nitrogens with zero attached hydrogens (tertiary/aromatic N) is 1. The smallest absolute Gasteiger partial charge is 0.248 e. The molecule has 3 nitrogen and oxygen atoms in total. The van der Waals surface area contributed by atoms with Crippen LogP contribution >= 0.6 is 0 Å². The second-order valence-corrected chi connectivity index (χ2v) is 3.33. The van der Waals surface area contributed by atoms with E-state index in [1.165, 1.54) is 0 Å². The van der Waals surface area contributed by atoms with E-state index in [1.807, 2.05) is 47.5 Å². The highest BCUT2D eigenvalue weighted by Crippen LogP contribution is 2.17. The van der Waals surface area contributed by atoms with Crippen molar-refractivity contribution in [1.29, 1.82) is 0 Å². The fourth-order valence-corrected chi connectivity index (χ4v) is 1.49. The van der Waals surface area contributed by atoms with Crippen LogP contribution in [0.2, 0.25) is 0 Å². The predicted molar refractivity (Wildman–Crippen MR) is 60.2 cm³/mol. The summed E-state index contributed by atoms with van der Waals surface area (Å²) in [5.74, 6) is -0.376. The summed E-state index contributed by atoms with van der Waals surface area (Å²) in [5, 5.41) is 0. The lowest BCUT2D eigenvalue weighted by atomic mass is 10.1. The molecule has 0 saturated carbocycles. The van der Waals surface area contributed by atoms with Crippen LogP contribution in [0.5, 0.6) is 0 Å². The van der Waals surface area contributed by atoms with Gasteiger partial charge in [-0.3, -0.25) is 4.79 Å². The predicted octanol–water partition coefficient (Wildman–Crippen LogP) is 1.43. The van der Waals surface area contributed by atoms with Crippen molar-refractivity contribution in [2.45, 2.75) is 0 Å². The average Bonchev–Trinajstić information content (AvgIpc) is 2.30. The largest absolute Gasteiger partial charge is 0.366 e. The van der Waals surface area contributed by atoms with E-state index in [0.29, 0.717) is 12.1 Å². The van der Waals surface area contributed by atoms with Gasteiger partial charge in [0.15, 0.2) is 0 Å². The van der Waals surface area contributed by atoms with Crippen molar-refractivity contribution in [3.05, 3.63) is 54.3 Å².